The van der Waals surface area contributed by atoms with Gasteiger partial charge in [0.1, 0.15) is 12.3 Å². The molecular weight excluding hydrogens is 545 g/mol. The number of amides is 3. The molecule has 0 radical (unpaired) electrons. The second kappa shape index (κ2) is 13.9. The van der Waals surface area contributed by atoms with E-state index in [1.54, 1.807) is 29.2 Å². The molecule has 0 atom stereocenters. The highest BCUT2D eigenvalue weighted by molar-refractivity contribution is 5.93. The molecule has 3 aromatic carbocycles. The first kappa shape index (κ1) is 30.5. The van der Waals surface area contributed by atoms with Gasteiger partial charge in [-0.15, -0.1) is 0 Å². The predicted octanol–water partition coefficient (Wildman–Crippen LogP) is 7.10. The molecule has 0 unspecified atom stereocenters. The van der Waals surface area contributed by atoms with Crippen LogP contribution in [0.1, 0.15) is 37.0 Å². The molecular formula is C32H35F3N4O3. The van der Waals surface area contributed by atoms with Crippen molar-refractivity contribution in [3.8, 4) is 5.75 Å². The van der Waals surface area contributed by atoms with E-state index in [4.69, 9.17) is 4.74 Å². The van der Waals surface area contributed by atoms with Crippen LogP contribution in [0.15, 0.2) is 79.0 Å². The number of urea groups is 1. The summed E-state index contributed by atoms with van der Waals surface area (Å²) in [6.07, 6.45) is -1.39. The smallest absolute Gasteiger partial charge is 0.416 e. The summed E-state index contributed by atoms with van der Waals surface area (Å²) in [7, 11) is 0. The Morgan fingerprint density at radius 1 is 0.905 bits per heavy atom. The lowest BCUT2D eigenvalue weighted by Crippen LogP contribution is -2.45. The van der Waals surface area contributed by atoms with Crippen LogP contribution in [-0.2, 0) is 23.9 Å². The number of halogens is 3. The quantitative estimate of drug-likeness (QED) is 0.188. The van der Waals surface area contributed by atoms with Crippen LogP contribution < -0.4 is 10.1 Å². The normalized spacial score (nSPS) is 11.4. The number of rotatable bonds is 12. The largest absolute Gasteiger partial charge is 0.492 e. The van der Waals surface area contributed by atoms with E-state index >= 15 is 0 Å². The minimum Gasteiger partial charge on any atom is -0.492 e. The topological polar surface area (TPSA) is 77.7 Å². The van der Waals surface area contributed by atoms with Crippen molar-refractivity contribution in [1.82, 2.24) is 14.8 Å². The molecule has 1 heterocycles. The van der Waals surface area contributed by atoms with Crippen LogP contribution in [0, 0.1) is 0 Å². The van der Waals surface area contributed by atoms with Gasteiger partial charge in [-0.2, -0.15) is 13.2 Å². The third-order valence-electron chi connectivity index (χ3n) is 6.87. The average Bonchev–Trinajstić information content (AvgIpc) is 3.39. The van der Waals surface area contributed by atoms with Crippen LogP contribution in [0.3, 0.4) is 0 Å². The van der Waals surface area contributed by atoms with Gasteiger partial charge in [-0.3, -0.25) is 4.79 Å². The number of aromatic nitrogens is 1. The highest BCUT2D eigenvalue weighted by atomic mass is 19.4. The Morgan fingerprint density at radius 2 is 1.62 bits per heavy atom. The minimum absolute atomic E-state index is 0.105. The fourth-order valence-corrected chi connectivity index (χ4v) is 4.74. The monoisotopic (exact) mass is 580 g/mol. The lowest BCUT2D eigenvalue weighted by atomic mass is 10.1. The van der Waals surface area contributed by atoms with Gasteiger partial charge in [0.25, 0.3) is 0 Å². The van der Waals surface area contributed by atoms with Gasteiger partial charge in [0.05, 0.1) is 17.9 Å². The summed E-state index contributed by atoms with van der Waals surface area (Å²) < 4.78 is 44.9. The maximum Gasteiger partial charge on any atom is 0.416 e. The Labute approximate surface area is 243 Å². The summed E-state index contributed by atoms with van der Waals surface area (Å²) in [5.41, 5.74) is 2.31. The van der Waals surface area contributed by atoms with Crippen LogP contribution in [0.25, 0.3) is 10.9 Å². The molecule has 2 N–H and O–H groups in total. The molecule has 7 nitrogen and oxygen atoms in total. The maximum absolute atomic E-state index is 13.7. The number of alkyl halides is 3. The number of fused-ring (bicyclic) bond motifs is 1. The Hall–Kier alpha value is -4.47. The predicted molar refractivity (Wildman–Crippen MR) is 157 cm³/mol. The Morgan fingerprint density at radius 3 is 2.33 bits per heavy atom. The molecule has 0 saturated carbocycles. The highest BCUT2D eigenvalue weighted by Gasteiger charge is 2.30. The summed E-state index contributed by atoms with van der Waals surface area (Å²) in [6.45, 7) is 4.76. The number of carbonyl (C=O) groups is 2. The molecule has 1 aromatic heterocycles. The molecule has 4 rings (SSSR count). The zero-order valence-electron chi connectivity index (χ0n) is 23.7. The highest BCUT2D eigenvalue weighted by Crippen LogP contribution is 2.29. The van der Waals surface area contributed by atoms with Crippen molar-refractivity contribution in [2.45, 2.75) is 39.4 Å². The first-order valence-electron chi connectivity index (χ1n) is 14.0. The van der Waals surface area contributed by atoms with Crippen molar-refractivity contribution in [3.63, 3.8) is 0 Å². The summed E-state index contributed by atoms with van der Waals surface area (Å²) >= 11 is 0. The van der Waals surface area contributed by atoms with Crippen molar-refractivity contribution in [2.75, 3.05) is 31.6 Å². The van der Waals surface area contributed by atoms with E-state index < -0.39 is 17.8 Å². The summed E-state index contributed by atoms with van der Waals surface area (Å²) in [4.78, 5) is 33.2. The van der Waals surface area contributed by atoms with Crippen LogP contribution >= 0.6 is 0 Å². The molecule has 4 aromatic rings. The Bertz CT molecular complexity index is 1480. The Balaban J connectivity index is 1.53. The van der Waals surface area contributed by atoms with E-state index in [9.17, 15) is 22.8 Å². The van der Waals surface area contributed by atoms with E-state index in [1.165, 1.54) is 17.0 Å². The molecule has 0 fully saturated rings. The van der Waals surface area contributed by atoms with Gasteiger partial charge >= 0.3 is 12.2 Å². The van der Waals surface area contributed by atoms with Gasteiger partial charge in [0.2, 0.25) is 5.91 Å². The average molecular weight is 581 g/mol. The maximum atomic E-state index is 13.7. The van der Waals surface area contributed by atoms with Crippen molar-refractivity contribution >= 4 is 28.5 Å². The van der Waals surface area contributed by atoms with Crippen molar-refractivity contribution in [1.29, 1.82) is 0 Å². The van der Waals surface area contributed by atoms with Gasteiger partial charge in [-0.1, -0.05) is 49.4 Å². The molecule has 0 saturated heterocycles. The second-order valence-electron chi connectivity index (χ2n) is 9.90. The van der Waals surface area contributed by atoms with E-state index in [0.29, 0.717) is 49.5 Å². The molecule has 3 amide bonds. The van der Waals surface area contributed by atoms with E-state index in [1.807, 2.05) is 44.3 Å². The molecule has 10 heteroatoms. The van der Waals surface area contributed by atoms with Crippen LogP contribution in [-0.4, -0.2) is 53.0 Å². The number of hydrogen-bond acceptors (Lipinski definition) is 3. The summed E-state index contributed by atoms with van der Waals surface area (Å²) in [5, 5.41) is 3.89. The van der Waals surface area contributed by atoms with Gasteiger partial charge in [0, 0.05) is 36.7 Å². The minimum atomic E-state index is -4.45. The van der Waals surface area contributed by atoms with Gasteiger partial charge < -0.3 is 24.8 Å². The molecule has 42 heavy (non-hydrogen) atoms. The number of carbonyl (C=O) groups excluding carboxylic acids is 2. The first-order chi connectivity index (χ1) is 20.2. The number of benzene rings is 3. The zero-order valence-corrected chi connectivity index (χ0v) is 23.7. The number of hydrogen-bond donors (Lipinski definition) is 2. The number of aromatic amines is 1. The summed E-state index contributed by atoms with van der Waals surface area (Å²) in [5.74, 6) is 0.218. The van der Waals surface area contributed by atoms with E-state index in [0.717, 1.165) is 28.6 Å². The number of anilines is 1. The van der Waals surface area contributed by atoms with E-state index in [2.05, 4.69) is 10.3 Å². The molecule has 222 valence electrons. The zero-order chi connectivity index (χ0) is 30.1. The Kier molecular flexibility index (Phi) is 10.1. The van der Waals surface area contributed by atoms with Crippen LogP contribution in [0.4, 0.5) is 23.7 Å². The van der Waals surface area contributed by atoms with Gasteiger partial charge in [0.15, 0.2) is 0 Å². The molecule has 0 spiro atoms. The fraction of sp³-hybridized carbons (Fsp3) is 0.312. The van der Waals surface area contributed by atoms with Crippen LogP contribution in [0.2, 0.25) is 0 Å². The van der Waals surface area contributed by atoms with Gasteiger partial charge in [-0.25, -0.2) is 4.79 Å². The number of ether oxygens (including phenoxy) is 1. The van der Waals surface area contributed by atoms with E-state index in [-0.39, 0.29) is 19.0 Å². The lowest BCUT2D eigenvalue weighted by molar-refractivity contribution is -0.137. The number of para-hydroxylation sites is 3. The first-order valence-corrected chi connectivity index (χ1v) is 14.0. The van der Waals surface area contributed by atoms with Gasteiger partial charge in [-0.05, 0) is 61.2 Å². The summed E-state index contributed by atoms with van der Waals surface area (Å²) in [6, 6.07) is 19.3. The van der Waals surface area contributed by atoms with Crippen molar-refractivity contribution in [3.05, 3.63) is 95.7 Å². The third-order valence-corrected chi connectivity index (χ3v) is 6.87. The molecule has 0 aliphatic rings. The van der Waals surface area contributed by atoms with Crippen molar-refractivity contribution < 1.29 is 27.5 Å². The van der Waals surface area contributed by atoms with Crippen molar-refractivity contribution in [2.24, 2.45) is 0 Å². The second-order valence-corrected chi connectivity index (χ2v) is 9.90. The number of nitrogens with zero attached hydrogens (tertiary/aromatic N) is 2. The number of H-pyrrole nitrogens is 1. The molecule has 0 aliphatic heterocycles. The number of nitrogens with one attached hydrogen (secondary N) is 2. The molecule has 0 bridgehead atoms. The van der Waals surface area contributed by atoms with Crippen LogP contribution in [0.5, 0.6) is 5.75 Å². The SMILES string of the molecule is CCCN(CC(=O)N(CCc1c[nH]c2ccccc12)Cc1ccc(C(F)(F)F)cc1)C(=O)Nc1ccccc1OCC. The molecule has 0 aliphatic carbocycles. The fourth-order valence-electron chi connectivity index (χ4n) is 4.74. The standard InChI is InChI=1S/C32H35F3N4O3/c1-3-18-39(31(41)37-28-11-7-8-12-29(28)42-4-2)22-30(40)38(21-23-13-15-25(16-14-23)32(33,34)35)19-17-24-20-36-27-10-6-5-9-26(24)27/h5-16,20,36H,3-4,17-19,21-22H2,1-2H3,(H,37,41). The third kappa shape index (κ3) is 7.84. The lowest BCUT2D eigenvalue weighted by Gasteiger charge is -2.28.